The number of para-hydroxylation sites is 1. The van der Waals surface area contributed by atoms with Crippen molar-refractivity contribution in [3.63, 3.8) is 0 Å². The van der Waals surface area contributed by atoms with E-state index in [2.05, 4.69) is 0 Å². The van der Waals surface area contributed by atoms with E-state index >= 15 is 0 Å². The number of rotatable bonds is 5. The van der Waals surface area contributed by atoms with Gasteiger partial charge in [0.05, 0.1) is 23.7 Å². The summed E-state index contributed by atoms with van der Waals surface area (Å²) in [4.78, 5) is 27.9. The van der Waals surface area contributed by atoms with Crippen LogP contribution in [0.25, 0.3) is 0 Å². The third kappa shape index (κ3) is 3.42. The number of amides is 1. The molecule has 0 bridgehead atoms. The number of aryl methyl sites for hydroxylation is 2. The summed E-state index contributed by atoms with van der Waals surface area (Å²) in [5, 5.41) is 11.8. The molecule has 0 saturated carbocycles. The number of carbonyl (C=O) groups excluding carboxylic acids is 2. The molecule has 1 amide bonds. The SMILES string of the molecule is Cc1ccc(C)c(CN2C(=O)[C@](O)(CC(=O)c3ccccc3Cl)c3ccccc32)c1. The molecule has 5 heteroatoms. The lowest BCUT2D eigenvalue weighted by Gasteiger charge is -2.23. The minimum atomic E-state index is -1.93. The van der Waals surface area contributed by atoms with E-state index < -0.39 is 11.5 Å². The van der Waals surface area contributed by atoms with Crippen LogP contribution in [0.1, 0.15) is 39.0 Å². The minimum absolute atomic E-state index is 0.297. The molecule has 0 unspecified atom stereocenters. The number of Topliss-reactive ketones (excluding diaryl/α,β-unsaturated/α-hetero) is 1. The quantitative estimate of drug-likeness (QED) is 0.594. The Kier molecular flexibility index (Phi) is 5.22. The van der Waals surface area contributed by atoms with E-state index in [1.54, 1.807) is 47.4 Å². The molecule has 30 heavy (non-hydrogen) atoms. The molecule has 0 aromatic heterocycles. The highest BCUT2D eigenvalue weighted by molar-refractivity contribution is 6.34. The molecule has 4 nitrogen and oxygen atoms in total. The van der Waals surface area contributed by atoms with Crippen molar-refractivity contribution in [1.29, 1.82) is 0 Å². The zero-order chi connectivity index (χ0) is 21.5. The Morgan fingerprint density at radius 1 is 1.03 bits per heavy atom. The number of halogens is 1. The maximum Gasteiger partial charge on any atom is 0.264 e. The van der Waals surface area contributed by atoms with Gasteiger partial charge in [0.15, 0.2) is 11.4 Å². The van der Waals surface area contributed by atoms with Crippen molar-refractivity contribution in [2.45, 2.75) is 32.4 Å². The predicted molar refractivity (Wildman–Crippen MR) is 118 cm³/mol. The van der Waals surface area contributed by atoms with Crippen molar-refractivity contribution in [3.8, 4) is 0 Å². The summed E-state index contributed by atoms with van der Waals surface area (Å²) in [6, 6.07) is 19.8. The second-order valence-corrected chi connectivity index (χ2v) is 8.19. The number of ketones is 1. The zero-order valence-electron chi connectivity index (χ0n) is 16.9. The molecular weight excluding hydrogens is 398 g/mol. The second kappa shape index (κ2) is 7.71. The normalized spacial score (nSPS) is 17.9. The van der Waals surface area contributed by atoms with Crippen LogP contribution in [-0.4, -0.2) is 16.8 Å². The number of carbonyl (C=O) groups is 2. The zero-order valence-corrected chi connectivity index (χ0v) is 17.6. The van der Waals surface area contributed by atoms with E-state index in [9.17, 15) is 14.7 Å². The summed E-state index contributed by atoms with van der Waals surface area (Å²) >= 11 is 6.16. The van der Waals surface area contributed by atoms with Crippen LogP contribution in [-0.2, 0) is 16.9 Å². The van der Waals surface area contributed by atoms with Gasteiger partial charge in [0, 0.05) is 11.1 Å². The van der Waals surface area contributed by atoms with Gasteiger partial charge in [0.25, 0.3) is 5.91 Å². The van der Waals surface area contributed by atoms with Crippen molar-refractivity contribution < 1.29 is 14.7 Å². The van der Waals surface area contributed by atoms with E-state index in [0.29, 0.717) is 28.4 Å². The smallest absolute Gasteiger partial charge is 0.264 e. The Morgan fingerprint density at radius 2 is 1.73 bits per heavy atom. The molecular formula is C25H22ClNO3. The first-order valence-corrected chi connectivity index (χ1v) is 10.2. The van der Waals surface area contributed by atoms with Gasteiger partial charge in [-0.1, -0.05) is 65.7 Å². The fourth-order valence-corrected chi connectivity index (χ4v) is 4.23. The van der Waals surface area contributed by atoms with Crippen molar-refractivity contribution in [2.75, 3.05) is 4.90 Å². The van der Waals surface area contributed by atoms with E-state index in [1.807, 2.05) is 38.1 Å². The van der Waals surface area contributed by atoms with Crippen LogP contribution in [0.3, 0.4) is 0 Å². The summed E-state index contributed by atoms with van der Waals surface area (Å²) in [5.74, 6) is -0.871. The van der Waals surface area contributed by atoms with E-state index in [-0.39, 0.29) is 12.2 Å². The van der Waals surface area contributed by atoms with Gasteiger partial charge in [-0.3, -0.25) is 9.59 Å². The Balaban J connectivity index is 1.71. The third-order valence-electron chi connectivity index (χ3n) is 5.66. The summed E-state index contributed by atoms with van der Waals surface area (Å²) in [6.45, 7) is 4.32. The van der Waals surface area contributed by atoms with Gasteiger partial charge in [-0.2, -0.15) is 0 Å². The number of hydrogen-bond acceptors (Lipinski definition) is 3. The molecule has 1 heterocycles. The van der Waals surface area contributed by atoms with Crippen molar-refractivity contribution in [3.05, 3.63) is 99.6 Å². The molecule has 3 aromatic carbocycles. The number of anilines is 1. The highest BCUT2D eigenvalue weighted by Gasteiger charge is 2.50. The Labute approximate surface area is 180 Å². The fraction of sp³-hybridized carbons (Fsp3) is 0.200. The summed E-state index contributed by atoms with van der Waals surface area (Å²) < 4.78 is 0. The topological polar surface area (TPSA) is 57.6 Å². The summed E-state index contributed by atoms with van der Waals surface area (Å²) in [5.41, 5.74) is 2.60. The van der Waals surface area contributed by atoms with Crippen molar-refractivity contribution in [1.82, 2.24) is 0 Å². The van der Waals surface area contributed by atoms with Gasteiger partial charge in [-0.05, 0) is 43.2 Å². The monoisotopic (exact) mass is 419 g/mol. The predicted octanol–water partition coefficient (Wildman–Crippen LogP) is 4.96. The molecule has 152 valence electrons. The first-order valence-electron chi connectivity index (χ1n) is 9.79. The van der Waals surface area contributed by atoms with E-state index in [1.165, 1.54) is 0 Å². The van der Waals surface area contributed by atoms with Gasteiger partial charge < -0.3 is 10.0 Å². The third-order valence-corrected chi connectivity index (χ3v) is 5.99. The number of aliphatic hydroxyl groups is 1. The molecule has 0 radical (unpaired) electrons. The standard InChI is InChI=1S/C25H22ClNO3/c1-16-11-12-17(2)18(13-16)15-27-22-10-6-4-8-20(22)25(30,24(27)29)14-23(28)19-7-3-5-9-21(19)26/h3-13,30H,14-15H2,1-2H3/t25-/m0/s1. The average Bonchev–Trinajstić information content (AvgIpc) is 2.93. The first-order chi connectivity index (χ1) is 14.3. The molecule has 0 saturated heterocycles. The fourth-order valence-electron chi connectivity index (χ4n) is 3.99. The Hall–Kier alpha value is -2.95. The lowest BCUT2D eigenvalue weighted by molar-refractivity contribution is -0.136. The van der Waals surface area contributed by atoms with Gasteiger partial charge in [0.2, 0.25) is 0 Å². The van der Waals surface area contributed by atoms with Crippen LogP contribution in [0.2, 0.25) is 5.02 Å². The maximum absolute atomic E-state index is 13.4. The van der Waals surface area contributed by atoms with Gasteiger partial charge >= 0.3 is 0 Å². The van der Waals surface area contributed by atoms with Crippen molar-refractivity contribution in [2.24, 2.45) is 0 Å². The second-order valence-electron chi connectivity index (χ2n) is 7.78. The first kappa shape index (κ1) is 20.3. The van der Waals surface area contributed by atoms with Gasteiger partial charge in [-0.15, -0.1) is 0 Å². The molecule has 1 atom stereocenters. The maximum atomic E-state index is 13.4. The molecule has 4 rings (SSSR count). The molecule has 0 aliphatic carbocycles. The number of nitrogens with zero attached hydrogens (tertiary/aromatic N) is 1. The van der Waals surface area contributed by atoms with E-state index in [0.717, 1.165) is 16.7 Å². The number of fused-ring (bicyclic) bond motifs is 1. The molecule has 1 aliphatic rings. The lowest BCUT2D eigenvalue weighted by atomic mass is 9.88. The molecule has 0 fully saturated rings. The van der Waals surface area contributed by atoms with Gasteiger partial charge in [0.1, 0.15) is 0 Å². The van der Waals surface area contributed by atoms with Crippen LogP contribution in [0, 0.1) is 13.8 Å². The van der Waals surface area contributed by atoms with Gasteiger partial charge in [-0.25, -0.2) is 0 Å². The number of benzene rings is 3. The minimum Gasteiger partial charge on any atom is -0.375 e. The van der Waals surface area contributed by atoms with Crippen LogP contribution in [0.5, 0.6) is 0 Å². The largest absolute Gasteiger partial charge is 0.375 e. The van der Waals surface area contributed by atoms with Crippen LogP contribution < -0.4 is 4.90 Å². The van der Waals surface area contributed by atoms with Crippen molar-refractivity contribution >= 4 is 29.0 Å². The molecule has 1 N–H and O–H groups in total. The summed E-state index contributed by atoms with van der Waals surface area (Å²) in [7, 11) is 0. The van der Waals surface area contributed by atoms with Crippen LogP contribution in [0.15, 0.2) is 66.7 Å². The summed E-state index contributed by atoms with van der Waals surface area (Å²) in [6.07, 6.45) is -0.365. The highest BCUT2D eigenvalue weighted by atomic mass is 35.5. The highest BCUT2D eigenvalue weighted by Crippen LogP contribution is 2.44. The average molecular weight is 420 g/mol. The molecule has 3 aromatic rings. The van der Waals surface area contributed by atoms with Crippen LogP contribution in [0.4, 0.5) is 5.69 Å². The van der Waals surface area contributed by atoms with E-state index in [4.69, 9.17) is 11.6 Å². The molecule has 1 aliphatic heterocycles. The Bertz CT molecular complexity index is 1160. The number of hydrogen-bond donors (Lipinski definition) is 1. The lowest BCUT2D eigenvalue weighted by Crippen LogP contribution is -2.41. The molecule has 0 spiro atoms. The van der Waals surface area contributed by atoms with Crippen LogP contribution >= 0.6 is 11.6 Å². The Morgan fingerprint density at radius 3 is 2.50 bits per heavy atom.